The fraction of sp³-hybridized carbons (Fsp3) is 0.455. The van der Waals surface area contributed by atoms with Gasteiger partial charge in [-0.3, -0.25) is 4.79 Å². The minimum Gasteiger partial charge on any atom is -0.459 e. The van der Waals surface area contributed by atoms with Crippen molar-refractivity contribution in [3.05, 3.63) is 16.7 Å². The molecular weight excluding hydrogens is 304 g/mol. The van der Waals surface area contributed by atoms with Crippen molar-refractivity contribution in [2.75, 3.05) is 11.5 Å². The van der Waals surface area contributed by atoms with Gasteiger partial charge in [-0.15, -0.1) is 0 Å². The third-order valence-corrected chi connectivity index (χ3v) is 3.42. The fourth-order valence-corrected chi connectivity index (χ4v) is 2.39. The number of nitrogens with two attached hydrogens (primary N) is 1. The van der Waals surface area contributed by atoms with Crippen LogP contribution in [0.4, 0.5) is 5.69 Å². The van der Waals surface area contributed by atoms with Gasteiger partial charge in [0.1, 0.15) is 10.6 Å². The van der Waals surface area contributed by atoms with Gasteiger partial charge >= 0.3 is 5.97 Å². The van der Waals surface area contributed by atoms with E-state index in [0.717, 1.165) is 9.50 Å². The van der Waals surface area contributed by atoms with E-state index in [9.17, 15) is 4.79 Å². The summed E-state index contributed by atoms with van der Waals surface area (Å²) < 4.78 is 5.98. The van der Waals surface area contributed by atoms with Crippen LogP contribution in [-0.4, -0.2) is 22.3 Å². The Hall–Kier alpha value is -0.750. The highest BCUT2D eigenvalue weighted by Crippen LogP contribution is 2.27. The molecule has 0 fully saturated rings. The molecule has 2 N–H and O–H groups in total. The molecule has 4 nitrogen and oxygen atoms in total. The number of anilines is 1. The lowest BCUT2D eigenvalue weighted by Gasteiger charge is -2.19. The first kappa shape index (κ1) is 14.3. The molecule has 0 radical (unpaired) electrons. The predicted molar refractivity (Wildman–Crippen MR) is 72.9 cm³/mol. The number of nitrogen functional groups attached to an aromatic ring is 1. The van der Waals surface area contributed by atoms with Gasteiger partial charge in [0.15, 0.2) is 0 Å². The highest BCUT2D eigenvalue weighted by atomic mass is 79.9. The molecule has 0 spiro atoms. The number of carbonyl (C=O) groups excluding carboxylic acids is 1. The maximum absolute atomic E-state index is 11.5. The van der Waals surface area contributed by atoms with Gasteiger partial charge < -0.3 is 10.5 Å². The summed E-state index contributed by atoms with van der Waals surface area (Å²) in [5.74, 6) is -0.0275. The van der Waals surface area contributed by atoms with E-state index >= 15 is 0 Å². The van der Waals surface area contributed by atoms with Crippen LogP contribution in [0, 0.1) is 0 Å². The second-order valence-corrected chi connectivity index (χ2v) is 6.25. The Morgan fingerprint density at radius 1 is 1.59 bits per heavy atom. The number of pyridine rings is 1. The van der Waals surface area contributed by atoms with E-state index in [-0.39, 0.29) is 11.7 Å². The monoisotopic (exact) mass is 318 g/mol. The molecule has 6 heteroatoms. The lowest BCUT2D eigenvalue weighted by atomic mass is 10.2. The van der Waals surface area contributed by atoms with E-state index in [1.54, 1.807) is 12.3 Å². The number of nitrogens with zero attached hydrogens (tertiary/aromatic N) is 1. The normalized spacial score (nSPS) is 11.3. The predicted octanol–water partition coefficient (Wildman–Crippen LogP) is 2.86. The van der Waals surface area contributed by atoms with Crippen LogP contribution in [0.3, 0.4) is 0 Å². The van der Waals surface area contributed by atoms with Crippen LogP contribution < -0.4 is 5.73 Å². The quantitative estimate of drug-likeness (QED) is 0.685. The second kappa shape index (κ2) is 5.73. The Morgan fingerprint density at radius 3 is 2.76 bits per heavy atom. The molecular formula is C11H15BrN2O2S. The van der Waals surface area contributed by atoms with Crippen molar-refractivity contribution in [2.45, 2.75) is 31.4 Å². The summed E-state index contributed by atoms with van der Waals surface area (Å²) in [6.45, 7) is 5.52. The zero-order valence-electron chi connectivity index (χ0n) is 9.99. The van der Waals surface area contributed by atoms with Crippen molar-refractivity contribution >= 4 is 39.3 Å². The van der Waals surface area contributed by atoms with E-state index < -0.39 is 5.60 Å². The molecule has 0 saturated heterocycles. The Kier molecular flexibility index (Phi) is 4.82. The van der Waals surface area contributed by atoms with E-state index in [2.05, 4.69) is 20.9 Å². The number of esters is 1. The lowest BCUT2D eigenvalue weighted by Crippen LogP contribution is -2.24. The zero-order valence-corrected chi connectivity index (χ0v) is 12.4. The van der Waals surface area contributed by atoms with Crippen LogP contribution in [-0.2, 0) is 9.53 Å². The largest absolute Gasteiger partial charge is 0.459 e. The summed E-state index contributed by atoms with van der Waals surface area (Å²) in [6.07, 6.45) is 1.56. The molecule has 1 aromatic rings. The third-order valence-electron chi connectivity index (χ3n) is 1.58. The van der Waals surface area contributed by atoms with Crippen molar-refractivity contribution in [3.63, 3.8) is 0 Å². The van der Waals surface area contributed by atoms with Crippen molar-refractivity contribution in [1.29, 1.82) is 0 Å². The van der Waals surface area contributed by atoms with Gasteiger partial charge in [-0.25, -0.2) is 4.98 Å². The molecule has 0 aliphatic rings. The summed E-state index contributed by atoms with van der Waals surface area (Å²) >= 11 is 4.66. The van der Waals surface area contributed by atoms with E-state index in [0.29, 0.717) is 5.69 Å². The summed E-state index contributed by atoms with van der Waals surface area (Å²) in [7, 11) is 0. The molecule has 17 heavy (non-hydrogen) atoms. The molecule has 1 rings (SSSR count). The van der Waals surface area contributed by atoms with Gasteiger partial charge in [0.25, 0.3) is 0 Å². The molecule has 0 atom stereocenters. The van der Waals surface area contributed by atoms with Gasteiger partial charge in [-0.1, -0.05) is 11.8 Å². The number of hydrogen-bond donors (Lipinski definition) is 1. The Balaban J connectivity index is 2.53. The van der Waals surface area contributed by atoms with Crippen molar-refractivity contribution in [3.8, 4) is 0 Å². The molecule has 94 valence electrons. The highest BCUT2D eigenvalue weighted by Gasteiger charge is 2.16. The van der Waals surface area contributed by atoms with Gasteiger partial charge in [0.05, 0.1) is 22.1 Å². The van der Waals surface area contributed by atoms with Crippen LogP contribution in [0.15, 0.2) is 21.8 Å². The topological polar surface area (TPSA) is 65.2 Å². The molecule has 0 aromatic carbocycles. The van der Waals surface area contributed by atoms with Gasteiger partial charge in [0.2, 0.25) is 0 Å². The lowest BCUT2D eigenvalue weighted by molar-refractivity contribution is -0.151. The van der Waals surface area contributed by atoms with Crippen LogP contribution in [0.25, 0.3) is 0 Å². The SMILES string of the molecule is CC(C)(C)OC(=O)CSc1ncc(N)cc1Br. The standard InChI is InChI=1S/C11H15BrN2O2S/c1-11(2,3)16-9(15)6-17-10-8(12)4-7(13)5-14-10/h4-5H,6,13H2,1-3H3. The minimum atomic E-state index is -0.455. The number of rotatable bonds is 3. The van der Waals surface area contributed by atoms with E-state index in [4.69, 9.17) is 10.5 Å². The molecule has 0 saturated carbocycles. The summed E-state index contributed by atoms with van der Waals surface area (Å²) in [5, 5.41) is 0.727. The number of hydrogen-bond acceptors (Lipinski definition) is 5. The maximum Gasteiger partial charge on any atom is 0.316 e. The Bertz CT molecular complexity index is 418. The number of halogens is 1. The number of thioether (sulfide) groups is 1. The Morgan fingerprint density at radius 2 is 2.24 bits per heavy atom. The van der Waals surface area contributed by atoms with E-state index in [1.807, 2.05) is 20.8 Å². The third kappa shape index (κ3) is 5.41. The van der Waals surface area contributed by atoms with Crippen molar-refractivity contribution in [2.24, 2.45) is 0 Å². The van der Waals surface area contributed by atoms with Crippen LogP contribution >= 0.6 is 27.7 Å². The molecule has 0 unspecified atom stereocenters. The highest BCUT2D eigenvalue weighted by molar-refractivity contribution is 9.10. The van der Waals surface area contributed by atoms with Crippen LogP contribution in [0.1, 0.15) is 20.8 Å². The first-order valence-corrected chi connectivity index (χ1v) is 6.81. The summed E-state index contributed by atoms with van der Waals surface area (Å²) in [6, 6.07) is 1.75. The minimum absolute atomic E-state index is 0.229. The fourth-order valence-electron chi connectivity index (χ4n) is 1.04. The number of ether oxygens (including phenoxy) is 1. The summed E-state index contributed by atoms with van der Waals surface area (Å²) in [5.41, 5.74) is 5.70. The average Bonchev–Trinajstić information content (AvgIpc) is 2.13. The zero-order chi connectivity index (χ0) is 13.1. The van der Waals surface area contributed by atoms with Crippen LogP contribution in [0.2, 0.25) is 0 Å². The molecule has 0 aliphatic carbocycles. The molecule has 0 aliphatic heterocycles. The van der Waals surface area contributed by atoms with Gasteiger partial charge in [0, 0.05) is 0 Å². The molecule has 1 aromatic heterocycles. The molecule has 0 bridgehead atoms. The number of carbonyl (C=O) groups is 1. The summed E-state index contributed by atoms with van der Waals surface area (Å²) in [4.78, 5) is 15.6. The van der Waals surface area contributed by atoms with Crippen molar-refractivity contribution < 1.29 is 9.53 Å². The first-order valence-electron chi connectivity index (χ1n) is 5.03. The first-order chi connectivity index (χ1) is 7.78. The average molecular weight is 319 g/mol. The molecule has 0 amide bonds. The van der Waals surface area contributed by atoms with Gasteiger partial charge in [-0.2, -0.15) is 0 Å². The smallest absolute Gasteiger partial charge is 0.316 e. The van der Waals surface area contributed by atoms with Crippen LogP contribution in [0.5, 0.6) is 0 Å². The second-order valence-electron chi connectivity index (χ2n) is 4.43. The Labute approximate surface area is 113 Å². The van der Waals surface area contributed by atoms with Crippen molar-refractivity contribution in [1.82, 2.24) is 4.98 Å². The van der Waals surface area contributed by atoms with Gasteiger partial charge in [-0.05, 0) is 42.8 Å². The number of aromatic nitrogens is 1. The van der Waals surface area contributed by atoms with E-state index in [1.165, 1.54) is 11.8 Å². The maximum atomic E-state index is 11.5. The molecule has 1 heterocycles.